The van der Waals surface area contributed by atoms with E-state index in [0.717, 1.165) is 39.3 Å². The second-order valence-electron chi connectivity index (χ2n) is 7.68. The number of amides is 1. The summed E-state index contributed by atoms with van der Waals surface area (Å²) in [6.45, 7) is 0. The first-order chi connectivity index (χ1) is 15.8. The highest BCUT2D eigenvalue weighted by atomic mass is 32.2. The Labute approximate surface area is 200 Å². The van der Waals surface area contributed by atoms with E-state index in [0.29, 0.717) is 5.75 Å². The summed E-state index contributed by atoms with van der Waals surface area (Å²) >= 11 is 4.98. The molecule has 0 aliphatic heterocycles. The van der Waals surface area contributed by atoms with E-state index >= 15 is 0 Å². The molecule has 0 saturated carbocycles. The van der Waals surface area contributed by atoms with Gasteiger partial charge in [0.1, 0.15) is 9.86 Å². The van der Waals surface area contributed by atoms with Crippen LogP contribution in [0.15, 0.2) is 70.8 Å². The number of thioether (sulfide) groups is 2. The second kappa shape index (κ2) is 10.1. The fourth-order valence-corrected chi connectivity index (χ4v) is 6.95. The average molecular weight is 478 g/mol. The number of rotatable bonds is 7. The van der Waals surface area contributed by atoms with E-state index in [1.807, 2.05) is 47.7 Å². The quantitative estimate of drug-likeness (QED) is 0.185. The maximum Gasteiger partial charge on any atom is 0.234 e. The number of hydrogen-bond donors (Lipinski definition) is 1. The highest BCUT2D eigenvalue weighted by molar-refractivity contribution is 8.00. The van der Waals surface area contributed by atoms with Crippen LogP contribution in [0.4, 0.5) is 5.69 Å². The molecule has 2 aromatic heterocycles. The summed E-state index contributed by atoms with van der Waals surface area (Å²) in [4.78, 5) is 24.9. The number of hydrogen-bond acceptors (Lipinski definition) is 6. The van der Waals surface area contributed by atoms with Crippen molar-refractivity contribution < 1.29 is 4.79 Å². The number of anilines is 1. The smallest absolute Gasteiger partial charge is 0.234 e. The van der Waals surface area contributed by atoms with Gasteiger partial charge < -0.3 is 5.32 Å². The number of para-hydroxylation sites is 1. The zero-order valence-corrected chi connectivity index (χ0v) is 20.0. The van der Waals surface area contributed by atoms with Crippen molar-refractivity contribution in [2.45, 2.75) is 41.6 Å². The summed E-state index contributed by atoms with van der Waals surface area (Å²) in [6, 6.07) is 20.0. The van der Waals surface area contributed by atoms with Gasteiger partial charge in [-0.1, -0.05) is 72.1 Å². The summed E-state index contributed by atoms with van der Waals surface area (Å²) in [5.41, 5.74) is 3.47. The van der Waals surface area contributed by atoms with E-state index in [9.17, 15) is 4.79 Å². The lowest BCUT2D eigenvalue weighted by molar-refractivity contribution is -0.113. The van der Waals surface area contributed by atoms with E-state index in [1.54, 1.807) is 11.8 Å². The van der Waals surface area contributed by atoms with Crippen molar-refractivity contribution in [2.75, 3.05) is 11.1 Å². The highest BCUT2D eigenvalue weighted by Gasteiger charge is 2.22. The lowest BCUT2D eigenvalue weighted by Gasteiger charge is -2.12. The van der Waals surface area contributed by atoms with Gasteiger partial charge in [0.05, 0.1) is 5.75 Å². The highest BCUT2D eigenvalue weighted by Crippen LogP contribution is 2.40. The molecule has 0 radical (unpaired) electrons. The summed E-state index contributed by atoms with van der Waals surface area (Å²) in [6.07, 6.45) is 4.66. The first-order valence-corrected chi connectivity index (χ1v) is 13.5. The molecule has 32 heavy (non-hydrogen) atoms. The monoisotopic (exact) mass is 477 g/mol. The van der Waals surface area contributed by atoms with Gasteiger partial charge in [0.2, 0.25) is 5.91 Å². The second-order valence-corrected chi connectivity index (χ2v) is 10.7. The predicted octanol–water partition coefficient (Wildman–Crippen LogP) is 6.59. The third-order valence-corrected chi connectivity index (χ3v) is 8.45. The molecular formula is C25H23N3OS3. The van der Waals surface area contributed by atoms with Gasteiger partial charge in [-0.2, -0.15) is 0 Å². The Morgan fingerprint density at radius 1 is 0.938 bits per heavy atom. The van der Waals surface area contributed by atoms with Gasteiger partial charge >= 0.3 is 0 Å². The average Bonchev–Trinajstić information content (AvgIpc) is 3.21. The van der Waals surface area contributed by atoms with Gasteiger partial charge in [-0.25, -0.2) is 9.97 Å². The number of fused-ring (bicyclic) bond motifs is 3. The Bertz CT molecular complexity index is 1230. The van der Waals surface area contributed by atoms with Crippen molar-refractivity contribution >= 4 is 56.7 Å². The number of benzene rings is 2. The molecule has 2 heterocycles. The van der Waals surface area contributed by atoms with Gasteiger partial charge in [0, 0.05) is 21.7 Å². The fourth-order valence-electron chi connectivity index (χ4n) is 3.85. The molecule has 7 heteroatoms. The van der Waals surface area contributed by atoms with E-state index in [1.165, 1.54) is 46.0 Å². The maximum atomic E-state index is 12.6. The fraction of sp³-hybridized carbons (Fsp3) is 0.240. The molecule has 162 valence electrons. The van der Waals surface area contributed by atoms with Crippen molar-refractivity contribution in [2.24, 2.45) is 0 Å². The summed E-state index contributed by atoms with van der Waals surface area (Å²) in [5, 5.41) is 5.87. The lowest BCUT2D eigenvalue weighted by atomic mass is 9.97. The van der Waals surface area contributed by atoms with E-state index in [4.69, 9.17) is 9.97 Å². The molecule has 0 unspecified atom stereocenters. The summed E-state index contributed by atoms with van der Waals surface area (Å²) in [7, 11) is 0. The minimum Gasteiger partial charge on any atom is -0.325 e. The van der Waals surface area contributed by atoms with Crippen LogP contribution in [0, 0.1) is 0 Å². The molecule has 0 bridgehead atoms. The van der Waals surface area contributed by atoms with Crippen molar-refractivity contribution in [1.82, 2.24) is 9.97 Å². The molecule has 1 amide bonds. The molecule has 0 fully saturated rings. The number of thiophene rings is 1. The predicted molar refractivity (Wildman–Crippen MR) is 136 cm³/mol. The van der Waals surface area contributed by atoms with E-state index in [2.05, 4.69) is 29.6 Å². The molecule has 1 aliphatic rings. The Morgan fingerprint density at radius 2 is 1.69 bits per heavy atom. The van der Waals surface area contributed by atoms with E-state index in [-0.39, 0.29) is 5.91 Å². The van der Waals surface area contributed by atoms with Crippen LogP contribution in [0.5, 0.6) is 0 Å². The van der Waals surface area contributed by atoms with Gasteiger partial charge in [-0.3, -0.25) is 4.79 Å². The topological polar surface area (TPSA) is 54.9 Å². The van der Waals surface area contributed by atoms with Crippen LogP contribution in [0.1, 0.15) is 28.8 Å². The Balaban J connectivity index is 1.39. The zero-order valence-electron chi connectivity index (χ0n) is 17.5. The van der Waals surface area contributed by atoms with Gasteiger partial charge in [-0.05, 0) is 48.9 Å². The van der Waals surface area contributed by atoms with E-state index < -0.39 is 0 Å². The largest absolute Gasteiger partial charge is 0.325 e. The molecule has 4 aromatic rings. The molecule has 1 aliphatic carbocycles. The molecule has 0 saturated heterocycles. The van der Waals surface area contributed by atoms with Crippen molar-refractivity contribution in [1.29, 1.82) is 0 Å². The maximum absolute atomic E-state index is 12.6. The number of aryl methyl sites for hydroxylation is 2. The summed E-state index contributed by atoms with van der Waals surface area (Å²) in [5.74, 6) is 1.14. The number of aromatic nitrogens is 2. The molecule has 5 rings (SSSR count). The minimum atomic E-state index is -0.0180. The Hall–Kier alpha value is -2.35. The van der Waals surface area contributed by atoms with Crippen LogP contribution < -0.4 is 5.32 Å². The van der Waals surface area contributed by atoms with Gasteiger partial charge in [0.25, 0.3) is 0 Å². The third-order valence-electron chi connectivity index (χ3n) is 5.37. The van der Waals surface area contributed by atoms with Crippen LogP contribution >= 0.6 is 34.9 Å². The molecule has 0 atom stereocenters. The minimum absolute atomic E-state index is 0.0180. The van der Waals surface area contributed by atoms with Crippen LogP contribution in [0.3, 0.4) is 0 Å². The number of nitrogens with zero attached hydrogens (tertiary/aromatic N) is 2. The van der Waals surface area contributed by atoms with Crippen LogP contribution in [0.2, 0.25) is 0 Å². The van der Waals surface area contributed by atoms with Gasteiger partial charge in [-0.15, -0.1) is 11.3 Å². The lowest BCUT2D eigenvalue weighted by Crippen LogP contribution is -2.14. The third kappa shape index (κ3) is 5.00. The number of nitrogens with one attached hydrogen (secondary N) is 1. The SMILES string of the molecule is O=C(CSc1nc(SCc2ccccc2)nc2sc3c(c12)CCCC3)Nc1ccccc1. The van der Waals surface area contributed by atoms with Crippen LogP contribution in [-0.2, 0) is 23.4 Å². The standard InChI is InChI=1S/C25H23N3OS3/c29-21(26-18-11-5-2-6-12-18)16-30-23-22-19-13-7-8-14-20(19)32-24(22)28-25(27-23)31-15-17-9-3-1-4-10-17/h1-6,9-12H,7-8,13-16H2,(H,26,29). The molecular weight excluding hydrogens is 454 g/mol. The van der Waals surface area contributed by atoms with Crippen molar-refractivity contribution in [3.05, 3.63) is 76.7 Å². The van der Waals surface area contributed by atoms with Crippen LogP contribution in [0.25, 0.3) is 10.2 Å². The Kier molecular flexibility index (Phi) is 6.76. The molecule has 2 aromatic carbocycles. The molecule has 0 spiro atoms. The molecule has 4 nitrogen and oxygen atoms in total. The van der Waals surface area contributed by atoms with Crippen LogP contribution in [-0.4, -0.2) is 21.6 Å². The zero-order chi connectivity index (χ0) is 21.8. The number of carbonyl (C=O) groups excluding carboxylic acids is 1. The van der Waals surface area contributed by atoms with Crippen molar-refractivity contribution in [3.8, 4) is 0 Å². The first kappa shape index (κ1) is 21.5. The molecule has 1 N–H and O–H groups in total. The van der Waals surface area contributed by atoms with Crippen molar-refractivity contribution in [3.63, 3.8) is 0 Å². The Morgan fingerprint density at radius 3 is 2.50 bits per heavy atom. The first-order valence-electron chi connectivity index (χ1n) is 10.7. The normalized spacial score (nSPS) is 13.1. The number of carbonyl (C=O) groups is 1. The van der Waals surface area contributed by atoms with Gasteiger partial charge in [0.15, 0.2) is 5.16 Å². The summed E-state index contributed by atoms with van der Waals surface area (Å²) < 4.78 is 0.